The van der Waals surface area contributed by atoms with Crippen molar-refractivity contribution in [3.8, 4) is 0 Å². The minimum absolute atomic E-state index is 1.19. The fourth-order valence-electron chi connectivity index (χ4n) is 4.72. The summed E-state index contributed by atoms with van der Waals surface area (Å²) in [6, 6.07) is 0. The zero-order chi connectivity index (χ0) is 31.0. The van der Waals surface area contributed by atoms with Gasteiger partial charge >= 0.3 is 0 Å². The molecule has 0 atom stereocenters. The standard InChI is InChI=1S/2C17H38N.CH2O3/c2*1-5-7-8-9-10-11-12-13-14-15-16-17-18(3,4)6-2;2-1(3)4/h2*5-17H2,1-4H3;(H2,2,3,4)/q2*+1;/p-2. The molecule has 5 heteroatoms. The lowest BCUT2D eigenvalue weighted by Crippen LogP contribution is -2.39. The highest BCUT2D eigenvalue weighted by molar-refractivity contribution is 5.47. The van der Waals surface area contributed by atoms with E-state index < -0.39 is 6.16 Å². The number of rotatable bonds is 26. The van der Waals surface area contributed by atoms with E-state index in [1.807, 2.05) is 0 Å². The normalized spacial score (nSPS) is 11.4. The Morgan fingerprint density at radius 1 is 0.400 bits per heavy atom. The van der Waals surface area contributed by atoms with Gasteiger partial charge in [0.2, 0.25) is 0 Å². The number of carbonyl (C=O) groups excluding carboxylic acids is 1. The number of hydrogen-bond acceptors (Lipinski definition) is 3. The Bertz CT molecular complexity index is 453. The summed E-state index contributed by atoms with van der Waals surface area (Å²) in [5.41, 5.74) is 0. The van der Waals surface area contributed by atoms with E-state index in [0.717, 1.165) is 0 Å². The third-order valence-corrected chi connectivity index (χ3v) is 8.45. The van der Waals surface area contributed by atoms with Crippen LogP contribution in [0.4, 0.5) is 4.79 Å². The summed E-state index contributed by atoms with van der Waals surface area (Å²) in [6.45, 7) is 14.4. The molecule has 0 aliphatic rings. The van der Waals surface area contributed by atoms with Crippen molar-refractivity contribution in [2.24, 2.45) is 0 Å². The predicted molar refractivity (Wildman–Crippen MR) is 173 cm³/mol. The molecule has 0 aromatic rings. The Morgan fingerprint density at radius 2 is 0.575 bits per heavy atom. The monoisotopic (exact) mass is 573 g/mol. The van der Waals surface area contributed by atoms with E-state index in [4.69, 9.17) is 15.0 Å². The molecule has 0 fully saturated rings. The molecule has 0 saturated carbocycles. The number of nitrogens with zero attached hydrogens (tertiary/aromatic N) is 2. The average Bonchev–Trinajstić information content (AvgIpc) is 2.90. The Hall–Kier alpha value is -0.810. The van der Waals surface area contributed by atoms with Gasteiger partial charge in [0.1, 0.15) is 0 Å². The first-order valence-corrected chi connectivity index (χ1v) is 17.5. The first kappa shape index (κ1) is 43.6. The van der Waals surface area contributed by atoms with Crippen LogP contribution in [0.5, 0.6) is 0 Å². The molecule has 0 aromatic carbocycles. The Morgan fingerprint density at radius 3 is 0.750 bits per heavy atom. The highest BCUT2D eigenvalue weighted by atomic mass is 16.6. The van der Waals surface area contributed by atoms with Crippen LogP contribution < -0.4 is 10.2 Å². The molecule has 0 spiro atoms. The number of unbranched alkanes of at least 4 members (excludes halogenated alkanes) is 20. The van der Waals surface area contributed by atoms with Crippen molar-refractivity contribution in [2.45, 2.75) is 169 Å². The van der Waals surface area contributed by atoms with Gasteiger partial charge in [-0.1, -0.05) is 129 Å². The molecule has 40 heavy (non-hydrogen) atoms. The molecule has 0 aliphatic carbocycles. The van der Waals surface area contributed by atoms with E-state index in [1.165, 1.54) is 176 Å². The molecule has 0 amide bonds. The Labute approximate surface area is 253 Å². The lowest BCUT2D eigenvalue weighted by Gasteiger charge is -2.28. The summed E-state index contributed by atoms with van der Waals surface area (Å²) in [4.78, 5) is 8.33. The van der Waals surface area contributed by atoms with Gasteiger partial charge in [0.15, 0.2) is 0 Å². The minimum atomic E-state index is -2.33. The van der Waals surface area contributed by atoms with Gasteiger partial charge in [-0.25, -0.2) is 0 Å². The fourth-order valence-corrected chi connectivity index (χ4v) is 4.72. The highest BCUT2D eigenvalue weighted by Crippen LogP contribution is 2.13. The molecule has 0 rings (SSSR count). The van der Waals surface area contributed by atoms with Crippen LogP contribution in [-0.2, 0) is 0 Å². The highest BCUT2D eigenvalue weighted by Gasteiger charge is 2.10. The topological polar surface area (TPSA) is 63.2 Å². The summed E-state index contributed by atoms with van der Waals surface area (Å²) in [6.07, 6.45) is 29.5. The van der Waals surface area contributed by atoms with Crippen molar-refractivity contribution in [3.63, 3.8) is 0 Å². The molecule has 0 unspecified atom stereocenters. The van der Waals surface area contributed by atoms with Crippen molar-refractivity contribution < 1.29 is 24.0 Å². The largest absolute Gasteiger partial charge is 0.652 e. The predicted octanol–water partition coefficient (Wildman–Crippen LogP) is 8.34. The fraction of sp³-hybridized carbons (Fsp3) is 0.971. The van der Waals surface area contributed by atoms with Gasteiger partial charge in [-0.2, -0.15) is 0 Å². The van der Waals surface area contributed by atoms with Crippen LogP contribution in [0.3, 0.4) is 0 Å². The Kier molecular flexibility index (Phi) is 35.7. The zero-order valence-corrected chi connectivity index (χ0v) is 29.0. The average molecular weight is 573 g/mol. The first-order valence-electron chi connectivity index (χ1n) is 17.5. The number of quaternary nitrogens is 2. The van der Waals surface area contributed by atoms with E-state index in [-0.39, 0.29) is 0 Å². The summed E-state index contributed by atoms with van der Waals surface area (Å²) in [5, 5.41) is 16.7. The van der Waals surface area contributed by atoms with E-state index in [2.05, 4.69) is 55.9 Å². The van der Waals surface area contributed by atoms with Crippen molar-refractivity contribution in [2.75, 3.05) is 54.4 Å². The van der Waals surface area contributed by atoms with Gasteiger partial charge in [-0.3, -0.25) is 0 Å². The molecule has 0 bridgehead atoms. The minimum Gasteiger partial charge on any atom is -0.652 e. The van der Waals surface area contributed by atoms with Crippen LogP contribution in [0, 0.1) is 0 Å². The molecule has 5 nitrogen and oxygen atoms in total. The maximum atomic E-state index is 8.33. The molecule has 0 aromatic heterocycles. The summed E-state index contributed by atoms with van der Waals surface area (Å²) in [5.74, 6) is 0. The van der Waals surface area contributed by atoms with Crippen molar-refractivity contribution in [1.29, 1.82) is 0 Å². The quantitative estimate of drug-likeness (QED) is 0.0773. The van der Waals surface area contributed by atoms with Gasteiger partial charge in [-0.15, -0.1) is 0 Å². The first-order chi connectivity index (χ1) is 19.0. The van der Waals surface area contributed by atoms with Crippen LogP contribution in [-0.4, -0.2) is 69.5 Å². The lowest BCUT2D eigenvalue weighted by atomic mass is 10.1. The van der Waals surface area contributed by atoms with E-state index in [1.54, 1.807) is 0 Å². The lowest BCUT2D eigenvalue weighted by molar-refractivity contribution is -0.888. The van der Waals surface area contributed by atoms with Gasteiger partial charge in [0, 0.05) is 0 Å². The summed E-state index contributed by atoms with van der Waals surface area (Å²) >= 11 is 0. The second-order valence-electron chi connectivity index (χ2n) is 13.3. The van der Waals surface area contributed by atoms with Crippen molar-refractivity contribution >= 4 is 6.16 Å². The van der Waals surface area contributed by atoms with Gasteiger partial charge in [0.25, 0.3) is 0 Å². The maximum absolute atomic E-state index is 8.33. The molecule has 244 valence electrons. The van der Waals surface area contributed by atoms with Crippen LogP contribution in [0.1, 0.15) is 169 Å². The second kappa shape index (κ2) is 32.7. The van der Waals surface area contributed by atoms with Gasteiger partial charge < -0.3 is 24.0 Å². The van der Waals surface area contributed by atoms with Crippen molar-refractivity contribution in [3.05, 3.63) is 0 Å². The summed E-state index contributed by atoms with van der Waals surface area (Å²) in [7, 11) is 9.37. The van der Waals surface area contributed by atoms with E-state index >= 15 is 0 Å². The molecule has 0 radical (unpaired) electrons. The number of carboxylic acid groups (broad SMARTS) is 2. The molecule has 0 aliphatic heterocycles. The maximum Gasteiger partial charge on any atom is 0.0782 e. The number of carbonyl (C=O) groups is 1. The number of hydrogen-bond donors (Lipinski definition) is 0. The SMILES string of the molecule is CCCCCCCCCCCCC[N+](C)(C)CC.CCCCCCCCCCCCC[N+](C)(C)CC.O=C([O-])[O-]. The van der Waals surface area contributed by atoms with Gasteiger partial charge in [-0.05, 0) is 45.7 Å². The van der Waals surface area contributed by atoms with Gasteiger partial charge in [0.05, 0.1) is 54.4 Å². The van der Waals surface area contributed by atoms with Crippen molar-refractivity contribution in [1.82, 2.24) is 0 Å². The second-order valence-corrected chi connectivity index (χ2v) is 13.3. The molecular weight excluding hydrogens is 496 g/mol. The molecule has 0 heterocycles. The molecule has 0 saturated heterocycles. The van der Waals surface area contributed by atoms with Crippen LogP contribution in [0.25, 0.3) is 0 Å². The van der Waals surface area contributed by atoms with Crippen LogP contribution in [0.15, 0.2) is 0 Å². The molecular formula is C35H76N2O3. The third kappa shape index (κ3) is 44.2. The Balaban J connectivity index is -0.000000603. The van der Waals surface area contributed by atoms with Crippen LogP contribution in [0.2, 0.25) is 0 Å². The smallest absolute Gasteiger partial charge is 0.0782 e. The molecule has 0 N–H and O–H groups in total. The zero-order valence-electron chi connectivity index (χ0n) is 29.0. The third-order valence-electron chi connectivity index (χ3n) is 8.45. The van der Waals surface area contributed by atoms with E-state index in [9.17, 15) is 0 Å². The summed E-state index contributed by atoms with van der Waals surface area (Å²) < 4.78 is 2.38. The van der Waals surface area contributed by atoms with E-state index in [0.29, 0.717) is 0 Å². The van der Waals surface area contributed by atoms with Crippen LogP contribution >= 0.6 is 0 Å².